The van der Waals surface area contributed by atoms with E-state index in [0.29, 0.717) is 19.5 Å². The summed E-state index contributed by atoms with van der Waals surface area (Å²) >= 11 is 0. The Bertz CT molecular complexity index is 1040. The molecule has 1 fully saturated rings. The maximum atomic E-state index is 13.9. The summed E-state index contributed by atoms with van der Waals surface area (Å²) < 4.78 is 62.1. The zero-order chi connectivity index (χ0) is 21.9. The molecule has 30 heavy (non-hydrogen) atoms. The normalized spacial score (nSPS) is 15.2. The first-order valence-corrected chi connectivity index (χ1v) is 10.7. The molecular formula is C20H19F3N2O4S. The van der Waals surface area contributed by atoms with Gasteiger partial charge in [0, 0.05) is 31.7 Å². The second kappa shape index (κ2) is 8.86. The fourth-order valence-electron chi connectivity index (χ4n) is 3.20. The van der Waals surface area contributed by atoms with Crippen LogP contribution in [-0.4, -0.2) is 62.0 Å². The van der Waals surface area contributed by atoms with Crippen LogP contribution in [0.15, 0.2) is 53.4 Å². The van der Waals surface area contributed by atoms with Crippen molar-refractivity contribution < 1.29 is 31.2 Å². The Morgan fingerprint density at radius 1 is 0.833 bits per heavy atom. The van der Waals surface area contributed by atoms with Crippen molar-refractivity contribution in [1.82, 2.24) is 9.80 Å². The minimum Gasteiger partial charge on any atom is -0.337 e. The summed E-state index contributed by atoms with van der Waals surface area (Å²) in [7, 11) is -4.73. The van der Waals surface area contributed by atoms with Crippen LogP contribution in [0.2, 0.25) is 0 Å². The summed E-state index contributed by atoms with van der Waals surface area (Å²) in [6, 6.07) is 9.99. The number of nitrogens with zero attached hydrogens (tertiary/aromatic N) is 2. The predicted octanol–water partition coefficient (Wildman–Crippen LogP) is 2.81. The Morgan fingerprint density at radius 3 is 1.97 bits per heavy atom. The van der Waals surface area contributed by atoms with Crippen molar-refractivity contribution in [3.05, 3.63) is 65.5 Å². The van der Waals surface area contributed by atoms with Crippen molar-refractivity contribution in [2.75, 3.05) is 26.2 Å². The van der Waals surface area contributed by atoms with Gasteiger partial charge in [0.05, 0.1) is 10.5 Å². The molecule has 2 aromatic rings. The lowest BCUT2D eigenvalue weighted by Gasteiger charge is -2.22. The topological polar surface area (TPSA) is 74.8 Å². The molecule has 3 rings (SSSR count). The van der Waals surface area contributed by atoms with E-state index < -0.39 is 38.1 Å². The highest BCUT2D eigenvalue weighted by molar-refractivity contribution is 7.91. The van der Waals surface area contributed by atoms with Crippen LogP contribution in [0.5, 0.6) is 0 Å². The van der Waals surface area contributed by atoms with E-state index in [4.69, 9.17) is 0 Å². The van der Waals surface area contributed by atoms with Gasteiger partial charge in [-0.05, 0) is 42.8 Å². The highest BCUT2D eigenvalue weighted by Gasteiger charge is 2.28. The van der Waals surface area contributed by atoms with Gasteiger partial charge in [0.1, 0.15) is 5.82 Å². The summed E-state index contributed by atoms with van der Waals surface area (Å²) in [6.07, 6.45) is 0.476. The Balaban J connectivity index is 1.69. The molecule has 0 aliphatic carbocycles. The van der Waals surface area contributed by atoms with Crippen molar-refractivity contribution >= 4 is 21.7 Å². The van der Waals surface area contributed by atoms with Crippen LogP contribution in [0, 0.1) is 5.82 Å². The monoisotopic (exact) mass is 440 g/mol. The van der Waals surface area contributed by atoms with E-state index in [0.717, 1.165) is 12.1 Å². The second-order valence-corrected chi connectivity index (χ2v) is 8.67. The first kappa shape index (κ1) is 21.8. The summed E-state index contributed by atoms with van der Waals surface area (Å²) in [5.74, 6) is -5.01. The fourth-order valence-corrected chi connectivity index (χ4v) is 3.92. The molecule has 0 N–H and O–H groups in total. The van der Waals surface area contributed by atoms with Crippen LogP contribution < -0.4 is 0 Å². The van der Waals surface area contributed by atoms with Crippen LogP contribution in [0.1, 0.15) is 27.1 Å². The lowest BCUT2D eigenvalue weighted by molar-refractivity contribution is 0.0716. The van der Waals surface area contributed by atoms with Gasteiger partial charge in [0.25, 0.3) is 11.8 Å². The molecule has 0 spiro atoms. The van der Waals surface area contributed by atoms with Gasteiger partial charge in [-0.15, -0.1) is 0 Å². The van der Waals surface area contributed by atoms with Gasteiger partial charge in [-0.1, -0.05) is 12.1 Å². The van der Waals surface area contributed by atoms with Crippen LogP contribution in [0.25, 0.3) is 0 Å². The SMILES string of the molecule is O=C(c1ccc(S(=O)(=O)C(F)F)cc1)N1CCCN(C(=O)c2ccccc2F)CC1. The van der Waals surface area contributed by atoms with E-state index in [1.807, 2.05) is 0 Å². The number of halogens is 3. The highest BCUT2D eigenvalue weighted by Crippen LogP contribution is 2.20. The van der Waals surface area contributed by atoms with Gasteiger partial charge in [-0.25, -0.2) is 12.8 Å². The van der Waals surface area contributed by atoms with Crippen molar-refractivity contribution in [3.63, 3.8) is 0 Å². The number of amides is 2. The summed E-state index contributed by atoms with van der Waals surface area (Å²) in [5.41, 5.74) is 0.116. The van der Waals surface area contributed by atoms with E-state index in [9.17, 15) is 31.2 Å². The van der Waals surface area contributed by atoms with Crippen molar-refractivity contribution in [2.45, 2.75) is 17.1 Å². The van der Waals surface area contributed by atoms with Gasteiger partial charge < -0.3 is 9.80 Å². The highest BCUT2D eigenvalue weighted by atomic mass is 32.2. The molecule has 1 heterocycles. The number of benzene rings is 2. The third-order valence-electron chi connectivity index (χ3n) is 4.84. The summed E-state index contributed by atoms with van der Waals surface area (Å²) in [6.45, 7) is 1.10. The van der Waals surface area contributed by atoms with Crippen LogP contribution in [0.4, 0.5) is 13.2 Å². The maximum absolute atomic E-state index is 13.9. The Labute approximate surface area is 171 Å². The molecule has 2 amide bonds. The smallest absolute Gasteiger partial charge is 0.337 e. The molecule has 1 aliphatic heterocycles. The van der Waals surface area contributed by atoms with E-state index in [1.165, 1.54) is 40.1 Å². The minimum absolute atomic E-state index is 0.0342. The zero-order valence-electron chi connectivity index (χ0n) is 15.8. The number of hydrogen-bond donors (Lipinski definition) is 0. The van der Waals surface area contributed by atoms with Crippen LogP contribution in [0.3, 0.4) is 0 Å². The molecular weight excluding hydrogens is 421 g/mol. The molecule has 160 valence electrons. The molecule has 0 saturated carbocycles. The second-order valence-electron chi connectivity index (χ2n) is 6.75. The van der Waals surface area contributed by atoms with E-state index in [2.05, 4.69) is 0 Å². The van der Waals surface area contributed by atoms with Gasteiger partial charge >= 0.3 is 5.76 Å². The number of hydrogen-bond acceptors (Lipinski definition) is 4. The van der Waals surface area contributed by atoms with E-state index >= 15 is 0 Å². The fraction of sp³-hybridized carbons (Fsp3) is 0.300. The molecule has 0 unspecified atom stereocenters. The van der Waals surface area contributed by atoms with E-state index in [-0.39, 0.29) is 24.2 Å². The number of sulfone groups is 1. The third-order valence-corrected chi connectivity index (χ3v) is 6.24. The molecule has 10 heteroatoms. The Morgan fingerprint density at radius 2 is 1.40 bits per heavy atom. The molecule has 1 saturated heterocycles. The molecule has 2 aromatic carbocycles. The Hall–Kier alpha value is -2.88. The lowest BCUT2D eigenvalue weighted by atomic mass is 10.2. The van der Waals surface area contributed by atoms with Crippen molar-refractivity contribution in [3.8, 4) is 0 Å². The van der Waals surface area contributed by atoms with Gasteiger partial charge in [-0.2, -0.15) is 8.78 Å². The average molecular weight is 440 g/mol. The van der Waals surface area contributed by atoms with Crippen LogP contribution in [-0.2, 0) is 9.84 Å². The summed E-state index contributed by atoms with van der Waals surface area (Å²) in [4.78, 5) is 27.7. The molecule has 0 radical (unpaired) electrons. The quantitative estimate of drug-likeness (QED) is 0.733. The first-order valence-electron chi connectivity index (χ1n) is 9.17. The molecule has 0 atom stereocenters. The number of carbonyl (C=O) groups excluding carboxylic acids is 2. The summed E-state index contributed by atoms with van der Waals surface area (Å²) in [5, 5.41) is 0. The average Bonchev–Trinajstić information content (AvgIpc) is 2.99. The van der Waals surface area contributed by atoms with Gasteiger partial charge in [0.2, 0.25) is 9.84 Å². The number of carbonyl (C=O) groups is 2. The molecule has 0 aromatic heterocycles. The first-order chi connectivity index (χ1) is 14.2. The predicted molar refractivity (Wildman–Crippen MR) is 102 cm³/mol. The van der Waals surface area contributed by atoms with E-state index in [1.54, 1.807) is 6.07 Å². The molecule has 1 aliphatic rings. The van der Waals surface area contributed by atoms with Crippen LogP contribution >= 0.6 is 0 Å². The van der Waals surface area contributed by atoms with Crippen molar-refractivity contribution in [2.24, 2.45) is 0 Å². The Kier molecular flexibility index (Phi) is 6.45. The van der Waals surface area contributed by atoms with Gasteiger partial charge in [-0.3, -0.25) is 9.59 Å². The number of alkyl halides is 2. The van der Waals surface area contributed by atoms with Crippen molar-refractivity contribution in [1.29, 1.82) is 0 Å². The maximum Gasteiger partial charge on any atom is 0.341 e. The molecule has 0 bridgehead atoms. The third kappa shape index (κ3) is 4.48. The minimum atomic E-state index is -4.73. The lowest BCUT2D eigenvalue weighted by Crippen LogP contribution is -2.37. The largest absolute Gasteiger partial charge is 0.341 e. The van der Waals surface area contributed by atoms with Gasteiger partial charge in [0.15, 0.2) is 0 Å². The zero-order valence-corrected chi connectivity index (χ0v) is 16.6. The standard InChI is InChI=1S/C20H19F3N2O4S/c21-17-5-2-1-4-16(17)19(27)25-11-3-10-24(12-13-25)18(26)14-6-8-15(9-7-14)30(28,29)20(22)23/h1-2,4-9,20H,3,10-13H2. The molecule has 6 nitrogen and oxygen atoms in total. The number of rotatable bonds is 4.